The minimum atomic E-state index is -3.55. The molecule has 1 aliphatic rings. The molecule has 4 rings (SSSR count). The summed E-state index contributed by atoms with van der Waals surface area (Å²) in [5, 5.41) is 0.697. The highest BCUT2D eigenvalue weighted by atomic mass is 79.9. The molecule has 2 heterocycles. The minimum Gasteiger partial charge on any atom is -0.290 e. The number of rotatable bonds is 5. The van der Waals surface area contributed by atoms with Crippen LogP contribution in [-0.2, 0) is 10.0 Å². The summed E-state index contributed by atoms with van der Waals surface area (Å²) in [6, 6.07) is 19.7. The average Bonchev–Trinajstić information content (AvgIpc) is 3.10. The summed E-state index contributed by atoms with van der Waals surface area (Å²) >= 11 is 16.5. The van der Waals surface area contributed by atoms with Gasteiger partial charge in [0.25, 0.3) is 10.0 Å². The van der Waals surface area contributed by atoms with Gasteiger partial charge in [0.2, 0.25) is 0 Å². The fourth-order valence-corrected chi connectivity index (χ4v) is 7.68. The van der Waals surface area contributed by atoms with E-state index in [-0.39, 0.29) is 10.3 Å². The molecule has 0 aliphatic carbocycles. The van der Waals surface area contributed by atoms with Gasteiger partial charge in [0.15, 0.2) is 0 Å². The Morgan fingerprint density at radius 3 is 2.07 bits per heavy atom. The Morgan fingerprint density at radius 1 is 0.900 bits per heavy atom. The van der Waals surface area contributed by atoms with Crippen molar-refractivity contribution < 1.29 is 8.42 Å². The lowest BCUT2D eigenvalue weighted by Crippen LogP contribution is -2.49. The maximum absolute atomic E-state index is 13.0. The maximum atomic E-state index is 13.0. The smallest absolute Gasteiger partial charge is 0.252 e. The summed E-state index contributed by atoms with van der Waals surface area (Å²) in [6.07, 6.45) is 0. The number of halogens is 3. The zero-order valence-corrected chi connectivity index (χ0v) is 20.6. The van der Waals surface area contributed by atoms with Crippen molar-refractivity contribution in [3.05, 3.63) is 85.6 Å². The van der Waals surface area contributed by atoms with Gasteiger partial charge in [0.1, 0.15) is 8.55 Å². The van der Waals surface area contributed by atoms with Crippen molar-refractivity contribution in [1.29, 1.82) is 0 Å². The first-order chi connectivity index (χ1) is 14.4. The molecule has 158 valence electrons. The van der Waals surface area contributed by atoms with Crippen molar-refractivity contribution in [1.82, 2.24) is 9.21 Å². The van der Waals surface area contributed by atoms with Crippen molar-refractivity contribution in [2.24, 2.45) is 0 Å². The molecular formula is C21H19BrCl2N2O2S2. The van der Waals surface area contributed by atoms with Gasteiger partial charge >= 0.3 is 0 Å². The Labute approximate surface area is 199 Å². The maximum Gasteiger partial charge on any atom is 0.252 e. The van der Waals surface area contributed by atoms with Gasteiger partial charge in [-0.1, -0.05) is 65.7 Å². The van der Waals surface area contributed by atoms with Crippen LogP contribution in [0, 0.1) is 0 Å². The molecule has 1 unspecified atom stereocenters. The summed E-state index contributed by atoms with van der Waals surface area (Å²) in [6.45, 7) is 2.10. The topological polar surface area (TPSA) is 40.6 Å². The van der Waals surface area contributed by atoms with Crippen molar-refractivity contribution in [3.63, 3.8) is 0 Å². The van der Waals surface area contributed by atoms with E-state index >= 15 is 0 Å². The lowest BCUT2D eigenvalue weighted by atomic mass is 9.96. The molecule has 0 saturated carbocycles. The Bertz CT molecular complexity index is 1090. The molecule has 9 heteroatoms. The Balaban J connectivity index is 1.56. The van der Waals surface area contributed by atoms with E-state index < -0.39 is 10.0 Å². The zero-order valence-electron chi connectivity index (χ0n) is 15.8. The first-order valence-corrected chi connectivity index (χ1v) is 13.2. The third kappa shape index (κ3) is 4.63. The average molecular weight is 546 g/mol. The molecule has 0 bridgehead atoms. The summed E-state index contributed by atoms with van der Waals surface area (Å²) in [5.41, 5.74) is 2.31. The van der Waals surface area contributed by atoms with Crippen LogP contribution in [-0.4, -0.2) is 43.8 Å². The molecule has 1 saturated heterocycles. The van der Waals surface area contributed by atoms with Gasteiger partial charge in [-0.25, -0.2) is 8.42 Å². The molecular weight excluding hydrogens is 527 g/mol. The van der Waals surface area contributed by atoms with E-state index in [2.05, 4.69) is 33.0 Å². The lowest BCUT2D eigenvalue weighted by Gasteiger charge is -2.39. The standard InChI is InChI=1S/C21H19BrCl2N2O2S2/c22-18-14-19(29-21(18)24)30(27,28)26-12-10-25(11-13-26)20(15-4-2-1-3-5-15)16-6-8-17(23)9-7-16/h1-9,14,20H,10-13H2. The molecule has 1 aliphatic heterocycles. The van der Waals surface area contributed by atoms with E-state index in [1.807, 2.05) is 42.5 Å². The van der Waals surface area contributed by atoms with Crippen molar-refractivity contribution in [2.75, 3.05) is 26.2 Å². The monoisotopic (exact) mass is 544 g/mol. The second-order valence-electron chi connectivity index (χ2n) is 6.99. The molecule has 0 amide bonds. The number of hydrogen-bond donors (Lipinski definition) is 0. The van der Waals surface area contributed by atoms with Crippen LogP contribution in [0.2, 0.25) is 9.36 Å². The molecule has 1 fully saturated rings. The summed E-state index contributed by atoms with van der Waals surface area (Å²) in [4.78, 5) is 2.32. The van der Waals surface area contributed by atoms with Gasteiger partial charge in [-0.15, -0.1) is 11.3 Å². The van der Waals surface area contributed by atoms with Gasteiger partial charge in [-0.2, -0.15) is 4.31 Å². The number of nitrogens with zero attached hydrogens (tertiary/aromatic N) is 2. The molecule has 1 atom stereocenters. The normalized spacial score (nSPS) is 17.2. The van der Waals surface area contributed by atoms with Crippen LogP contribution in [0.4, 0.5) is 0 Å². The van der Waals surface area contributed by atoms with Gasteiger partial charge in [-0.05, 0) is 45.3 Å². The fraction of sp³-hybridized carbons (Fsp3) is 0.238. The van der Waals surface area contributed by atoms with Crippen LogP contribution < -0.4 is 0 Å². The third-order valence-corrected chi connectivity index (χ3v) is 10.2. The van der Waals surface area contributed by atoms with E-state index in [0.29, 0.717) is 40.0 Å². The van der Waals surface area contributed by atoms with E-state index in [1.165, 1.54) is 5.56 Å². The van der Waals surface area contributed by atoms with Crippen molar-refractivity contribution >= 4 is 60.5 Å². The quantitative estimate of drug-likeness (QED) is 0.400. The van der Waals surface area contributed by atoms with E-state index in [9.17, 15) is 8.42 Å². The molecule has 1 aromatic heterocycles. The summed E-state index contributed by atoms with van der Waals surface area (Å²) < 4.78 is 28.9. The predicted molar refractivity (Wildman–Crippen MR) is 127 cm³/mol. The Kier molecular flexibility index (Phi) is 6.89. The fourth-order valence-electron chi connectivity index (χ4n) is 3.68. The van der Waals surface area contributed by atoms with Gasteiger partial charge in [0.05, 0.1) is 6.04 Å². The SMILES string of the molecule is O=S(=O)(c1cc(Br)c(Cl)s1)N1CCN(C(c2ccccc2)c2ccc(Cl)cc2)CC1. The highest BCUT2D eigenvalue weighted by Gasteiger charge is 2.33. The minimum absolute atomic E-state index is 0.0404. The molecule has 0 radical (unpaired) electrons. The number of thiophene rings is 1. The second kappa shape index (κ2) is 9.28. The summed E-state index contributed by atoms with van der Waals surface area (Å²) in [5.74, 6) is 0. The van der Waals surface area contributed by atoms with Crippen LogP contribution in [0.3, 0.4) is 0 Å². The number of sulfonamides is 1. The number of piperazine rings is 1. The Hall–Kier alpha value is -0.930. The van der Waals surface area contributed by atoms with Crippen molar-refractivity contribution in [3.8, 4) is 0 Å². The van der Waals surface area contributed by atoms with Crippen LogP contribution >= 0.6 is 50.5 Å². The largest absolute Gasteiger partial charge is 0.290 e. The predicted octanol–water partition coefficient (Wildman–Crippen LogP) is 5.91. The van der Waals surface area contributed by atoms with E-state index in [1.54, 1.807) is 10.4 Å². The van der Waals surface area contributed by atoms with Crippen LogP contribution in [0.15, 0.2) is 69.3 Å². The van der Waals surface area contributed by atoms with Crippen LogP contribution in [0.5, 0.6) is 0 Å². The van der Waals surface area contributed by atoms with E-state index in [0.717, 1.165) is 16.9 Å². The van der Waals surface area contributed by atoms with Gasteiger partial charge < -0.3 is 0 Å². The molecule has 30 heavy (non-hydrogen) atoms. The molecule has 0 N–H and O–H groups in total. The number of hydrogen-bond acceptors (Lipinski definition) is 4. The van der Waals surface area contributed by atoms with Crippen LogP contribution in [0.25, 0.3) is 0 Å². The Morgan fingerprint density at radius 2 is 1.50 bits per heavy atom. The van der Waals surface area contributed by atoms with Crippen LogP contribution in [0.1, 0.15) is 17.2 Å². The first kappa shape index (κ1) is 22.3. The highest BCUT2D eigenvalue weighted by molar-refractivity contribution is 9.10. The molecule has 0 spiro atoms. The molecule has 4 nitrogen and oxygen atoms in total. The zero-order chi connectivity index (χ0) is 21.3. The third-order valence-electron chi connectivity index (χ3n) is 5.16. The first-order valence-electron chi connectivity index (χ1n) is 9.36. The number of benzene rings is 2. The van der Waals surface area contributed by atoms with Crippen molar-refractivity contribution in [2.45, 2.75) is 10.3 Å². The lowest BCUT2D eigenvalue weighted by molar-refractivity contribution is 0.156. The molecule has 2 aromatic carbocycles. The van der Waals surface area contributed by atoms with Gasteiger partial charge in [-0.3, -0.25) is 4.90 Å². The summed E-state index contributed by atoms with van der Waals surface area (Å²) in [7, 11) is -3.55. The van der Waals surface area contributed by atoms with E-state index in [4.69, 9.17) is 23.2 Å². The highest BCUT2D eigenvalue weighted by Crippen LogP contribution is 2.37. The van der Waals surface area contributed by atoms with Gasteiger partial charge in [0, 0.05) is 35.7 Å². The molecule has 3 aromatic rings. The second-order valence-corrected chi connectivity index (χ2v) is 12.1.